The molecule has 0 aliphatic heterocycles. The van der Waals surface area contributed by atoms with Gasteiger partial charge in [0.15, 0.2) is 0 Å². The Kier molecular flexibility index (Phi) is 2.18. The zero-order valence-corrected chi connectivity index (χ0v) is 9.21. The van der Waals surface area contributed by atoms with Gasteiger partial charge in [-0.25, -0.2) is 9.37 Å². The maximum absolute atomic E-state index is 13.2. The third-order valence-electron chi connectivity index (χ3n) is 2.92. The topological polar surface area (TPSA) is 12.9 Å². The zero-order valence-electron chi connectivity index (χ0n) is 8.45. The first-order valence-electron chi connectivity index (χ1n) is 5.14. The van der Waals surface area contributed by atoms with E-state index in [1.165, 1.54) is 0 Å². The first kappa shape index (κ1) is 9.79. The van der Waals surface area contributed by atoms with Crippen LogP contribution in [0.2, 0.25) is 5.15 Å². The molecule has 3 heteroatoms. The van der Waals surface area contributed by atoms with Crippen molar-refractivity contribution >= 4 is 28.4 Å². The van der Waals surface area contributed by atoms with Crippen LogP contribution in [0, 0.1) is 0 Å². The Morgan fingerprint density at radius 3 is 3.00 bits per heavy atom. The SMILES string of the molecule is FC1C=Cc2c(ccc3c(Cl)nccc23)C1. The summed E-state index contributed by atoms with van der Waals surface area (Å²) >= 11 is 6.02. The average molecular weight is 234 g/mol. The van der Waals surface area contributed by atoms with Crippen molar-refractivity contribution < 1.29 is 4.39 Å². The lowest BCUT2D eigenvalue weighted by Crippen LogP contribution is -2.07. The third-order valence-corrected chi connectivity index (χ3v) is 3.22. The van der Waals surface area contributed by atoms with Gasteiger partial charge in [-0.3, -0.25) is 0 Å². The number of rotatable bonds is 0. The van der Waals surface area contributed by atoms with Crippen molar-refractivity contribution in [1.29, 1.82) is 0 Å². The van der Waals surface area contributed by atoms with E-state index in [0.29, 0.717) is 11.6 Å². The van der Waals surface area contributed by atoms with Gasteiger partial charge < -0.3 is 0 Å². The molecule has 0 spiro atoms. The number of nitrogens with zero attached hydrogens (tertiary/aromatic N) is 1. The van der Waals surface area contributed by atoms with Crippen LogP contribution in [0.5, 0.6) is 0 Å². The van der Waals surface area contributed by atoms with Crippen LogP contribution >= 0.6 is 11.6 Å². The lowest BCUT2D eigenvalue weighted by molar-refractivity contribution is 0.397. The van der Waals surface area contributed by atoms with Gasteiger partial charge in [-0.15, -0.1) is 0 Å². The Morgan fingerprint density at radius 2 is 2.12 bits per heavy atom. The molecule has 1 aliphatic rings. The van der Waals surface area contributed by atoms with Gasteiger partial charge in [-0.05, 0) is 28.7 Å². The quantitative estimate of drug-likeness (QED) is 0.631. The Hall–Kier alpha value is -1.41. The smallest absolute Gasteiger partial charge is 0.136 e. The molecule has 0 radical (unpaired) electrons. The fraction of sp³-hybridized carbons (Fsp3) is 0.154. The second-order valence-corrected chi connectivity index (χ2v) is 4.27. The van der Waals surface area contributed by atoms with E-state index >= 15 is 0 Å². The van der Waals surface area contributed by atoms with Gasteiger partial charge in [0.1, 0.15) is 11.3 Å². The Labute approximate surface area is 97.6 Å². The van der Waals surface area contributed by atoms with Crippen molar-refractivity contribution in [2.45, 2.75) is 12.6 Å². The minimum atomic E-state index is -0.873. The van der Waals surface area contributed by atoms with Crippen LogP contribution in [-0.2, 0) is 6.42 Å². The van der Waals surface area contributed by atoms with E-state index < -0.39 is 6.17 Å². The van der Waals surface area contributed by atoms with E-state index in [2.05, 4.69) is 4.98 Å². The van der Waals surface area contributed by atoms with Crippen molar-refractivity contribution in [2.24, 2.45) is 0 Å². The fourth-order valence-electron chi connectivity index (χ4n) is 2.14. The average Bonchev–Trinajstić information content (AvgIpc) is 2.28. The molecule has 16 heavy (non-hydrogen) atoms. The fourth-order valence-corrected chi connectivity index (χ4v) is 2.36. The largest absolute Gasteiger partial charge is 0.244 e. The van der Waals surface area contributed by atoms with E-state index in [1.54, 1.807) is 12.3 Å². The highest BCUT2D eigenvalue weighted by molar-refractivity contribution is 6.34. The predicted molar refractivity (Wildman–Crippen MR) is 64.4 cm³/mol. The minimum absolute atomic E-state index is 0.446. The molecule has 1 aliphatic carbocycles. The van der Waals surface area contributed by atoms with Crippen LogP contribution < -0.4 is 0 Å². The van der Waals surface area contributed by atoms with Crippen molar-refractivity contribution in [3.63, 3.8) is 0 Å². The summed E-state index contributed by atoms with van der Waals surface area (Å²) in [5.41, 5.74) is 2.10. The molecule has 0 amide bonds. The molecule has 0 fully saturated rings. The summed E-state index contributed by atoms with van der Waals surface area (Å²) in [7, 11) is 0. The monoisotopic (exact) mass is 233 g/mol. The summed E-state index contributed by atoms with van der Waals surface area (Å²) < 4.78 is 13.2. The van der Waals surface area contributed by atoms with Crippen molar-refractivity contribution in [1.82, 2.24) is 4.98 Å². The molecule has 0 saturated heterocycles. The summed E-state index contributed by atoms with van der Waals surface area (Å²) in [6.07, 6.45) is 4.68. The molecular formula is C13H9ClFN. The first-order chi connectivity index (χ1) is 7.75. The van der Waals surface area contributed by atoms with Crippen LogP contribution in [0.25, 0.3) is 16.8 Å². The number of benzene rings is 1. The van der Waals surface area contributed by atoms with Crippen LogP contribution in [0.4, 0.5) is 4.39 Å². The third kappa shape index (κ3) is 1.41. The highest BCUT2D eigenvalue weighted by Crippen LogP contribution is 2.31. The second kappa shape index (κ2) is 3.56. The highest BCUT2D eigenvalue weighted by atomic mass is 35.5. The van der Waals surface area contributed by atoms with Crippen LogP contribution in [0.1, 0.15) is 11.1 Å². The minimum Gasteiger partial charge on any atom is -0.244 e. The standard InChI is InChI=1S/C13H9ClFN/c14-13-12-3-1-8-7-9(15)2-4-10(8)11(12)5-6-16-13/h1-6,9H,7H2. The number of pyridine rings is 1. The molecule has 2 aromatic rings. The van der Waals surface area contributed by atoms with E-state index in [9.17, 15) is 4.39 Å². The molecule has 80 valence electrons. The number of fused-ring (bicyclic) bond motifs is 3. The molecule has 1 aromatic heterocycles. The normalized spacial score (nSPS) is 18.8. The molecule has 0 bridgehead atoms. The van der Waals surface area contributed by atoms with Crippen molar-refractivity contribution in [3.8, 4) is 0 Å². The number of alkyl halides is 1. The summed E-state index contributed by atoms with van der Waals surface area (Å²) in [6, 6.07) is 5.76. The summed E-state index contributed by atoms with van der Waals surface area (Å²) in [5, 5.41) is 2.46. The highest BCUT2D eigenvalue weighted by Gasteiger charge is 2.15. The molecule has 3 rings (SSSR count). The first-order valence-corrected chi connectivity index (χ1v) is 5.52. The number of hydrogen-bond acceptors (Lipinski definition) is 1. The van der Waals surface area contributed by atoms with Gasteiger partial charge in [0, 0.05) is 18.0 Å². The van der Waals surface area contributed by atoms with Gasteiger partial charge >= 0.3 is 0 Å². The van der Waals surface area contributed by atoms with E-state index in [-0.39, 0.29) is 0 Å². The van der Waals surface area contributed by atoms with E-state index in [1.807, 2.05) is 24.3 Å². The Bertz CT molecular complexity index is 592. The van der Waals surface area contributed by atoms with E-state index in [0.717, 1.165) is 21.9 Å². The zero-order chi connectivity index (χ0) is 11.1. The Morgan fingerprint density at radius 1 is 1.25 bits per heavy atom. The maximum atomic E-state index is 13.2. The lowest BCUT2D eigenvalue weighted by atomic mass is 9.92. The van der Waals surface area contributed by atoms with Crippen LogP contribution in [-0.4, -0.2) is 11.2 Å². The van der Waals surface area contributed by atoms with Gasteiger partial charge in [-0.2, -0.15) is 0 Å². The molecule has 0 saturated carbocycles. The molecular weight excluding hydrogens is 225 g/mol. The van der Waals surface area contributed by atoms with Crippen molar-refractivity contribution in [3.05, 3.63) is 46.8 Å². The Balaban J connectivity index is 2.35. The molecule has 1 atom stereocenters. The van der Waals surface area contributed by atoms with Gasteiger partial charge in [0.05, 0.1) is 0 Å². The summed E-state index contributed by atoms with van der Waals surface area (Å²) in [6.45, 7) is 0. The summed E-state index contributed by atoms with van der Waals surface area (Å²) in [4.78, 5) is 4.04. The number of aromatic nitrogens is 1. The second-order valence-electron chi connectivity index (χ2n) is 3.91. The molecule has 1 heterocycles. The summed E-state index contributed by atoms with van der Waals surface area (Å²) in [5.74, 6) is 0. The number of hydrogen-bond donors (Lipinski definition) is 0. The van der Waals surface area contributed by atoms with Gasteiger partial charge in [0.25, 0.3) is 0 Å². The molecule has 0 N–H and O–H groups in total. The van der Waals surface area contributed by atoms with Crippen LogP contribution in [0.3, 0.4) is 0 Å². The molecule has 1 unspecified atom stereocenters. The molecule has 1 nitrogen and oxygen atoms in total. The number of halogens is 2. The number of allylic oxidation sites excluding steroid dienone is 1. The van der Waals surface area contributed by atoms with E-state index in [4.69, 9.17) is 11.6 Å². The van der Waals surface area contributed by atoms with Gasteiger partial charge in [-0.1, -0.05) is 29.8 Å². The maximum Gasteiger partial charge on any atom is 0.136 e. The lowest BCUT2D eigenvalue weighted by Gasteiger charge is -2.15. The van der Waals surface area contributed by atoms with Gasteiger partial charge in [0.2, 0.25) is 0 Å². The molecule has 1 aromatic carbocycles. The predicted octanol–water partition coefficient (Wildman–Crippen LogP) is 3.80. The van der Waals surface area contributed by atoms with Crippen molar-refractivity contribution in [2.75, 3.05) is 0 Å². The van der Waals surface area contributed by atoms with Crippen LogP contribution in [0.15, 0.2) is 30.5 Å².